The van der Waals surface area contributed by atoms with Gasteiger partial charge < -0.3 is 15.5 Å². The molecule has 0 bridgehead atoms. The molecule has 0 aliphatic heterocycles. The van der Waals surface area contributed by atoms with E-state index in [0.29, 0.717) is 18.1 Å². The van der Waals surface area contributed by atoms with E-state index in [1.165, 1.54) is 0 Å². The van der Waals surface area contributed by atoms with Gasteiger partial charge in [0, 0.05) is 17.1 Å². The fourth-order valence-corrected chi connectivity index (χ4v) is 1.47. The SMILES string of the molecule is CC(C)CN.CCOC(=O)c1cccc2[nH]ccc12. The number of rotatable bonds is 3. The summed E-state index contributed by atoms with van der Waals surface area (Å²) in [6.45, 7) is 7.20. The van der Waals surface area contributed by atoms with Crippen LogP contribution in [0.4, 0.5) is 0 Å². The molecule has 0 saturated carbocycles. The van der Waals surface area contributed by atoms with E-state index in [9.17, 15) is 4.79 Å². The second-order valence-electron chi connectivity index (χ2n) is 4.59. The molecular formula is C15H22N2O2. The average molecular weight is 262 g/mol. The Hall–Kier alpha value is -1.81. The zero-order valence-electron chi connectivity index (χ0n) is 11.8. The molecule has 2 rings (SSSR count). The number of aromatic nitrogens is 1. The highest BCUT2D eigenvalue weighted by atomic mass is 16.5. The predicted octanol–water partition coefficient (Wildman–Crippen LogP) is 2.95. The van der Waals surface area contributed by atoms with Crippen LogP contribution >= 0.6 is 0 Å². The number of fused-ring (bicyclic) bond motifs is 1. The number of hydrogen-bond donors (Lipinski definition) is 2. The second kappa shape index (κ2) is 7.59. The number of ether oxygens (including phenoxy) is 1. The van der Waals surface area contributed by atoms with E-state index in [1.807, 2.05) is 24.4 Å². The van der Waals surface area contributed by atoms with Crippen LogP contribution in [0.25, 0.3) is 10.9 Å². The lowest BCUT2D eigenvalue weighted by Crippen LogP contribution is -2.05. The van der Waals surface area contributed by atoms with Crippen molar-refractivity contribution >= 4 is 16.9 Å². The zero-order chi connectivity index (χ0) is 14.3. The van der Waals surface area contributed by atoms with Crippen LogP contribution in [-0.4, -0.2) is 24.1 Å². The van der Waals surface area contributed by atoms with Crippen LogP contribution in [-0.2, 0) is 4.74 Å². The van der Waals surface area contributed by atoms with Gasteiger partial charge >= 0.3 is 5.97 Å². The molecule has 1 heterocycles. The summed E-state index contributed by atoms with van der Waals surface area (Å²) < 4.78 is 4.95. The van der Waals surface area contributed by atoms with Gasteiger partial charge in [-0.15, -0.1) is 0 Å². The normalized spacial score (nSPS) is 10.2. The van der Waals surface area contributed by atoms with Gasteiger partial charge in [0.05, 0.1) is 12.2 Å². The van der Waals surface area contributed by atoms with E-state index >= 15 is 0 Å². The topological polar surface area (TPSA) is 68.1 Å². The van der Waals surface area contributed by atoms with Crippen molar-refractivity contribution in [1.29, 1.82) is 0 Å². The molecule has 2 aromatic rings. The lowest BCUT2D eigenvalue weighted by atomic mass is 10.1. The molecule has 0 aliphatic rings. The van der Waals surface area contributed by atoms with Gasteiger partial charge in [0.1, 0.15) is 0 Å². The summed E-state index contributed by atoms with van der Waals surface area (Å²) in [4.78, 5) is 14.6. The largest absolute Gasteiger partial charge is 0.462 e. The molecule has 0 amide bonds. The van der Waals surface area contributed by atoms with Crippen LogP contribution in [0.15, 0.2) is 30.5 Å². The Labute approximate surface area is 113 Å². The summed E-state index contributed by atoms with van der Waals surface area (Å²) in [7, 11) is 0. The zero-order valence-corrected chi connectivity index (χ0v) is 11.8. The molecule has 4 nitrogen and oxygen atoms in total. The molecule has 0 spiro atoms. The summed E-state index contributed by atoms with van der Waals surface area (Å²) in [5.74, 6) is 0.396. The predicted molar refractivity (Wildman–Crippen MR) is 78.1 cm³/mol. The third kappa shape index (κ3) is 4.41. The van der Waals surface area contributed by atoms with Crippen LogP contribution in [0.1, 0.15) is 31.1 Å². The van der Waals surface area contributed by atoms with Crippen LogP contribution < -0.4 is 5.73 Å². The first-order valence-electron chi connectivity index (χ1n) is 6.53. The van der Waals surface area contributed by atoms with Gasteiger partial charge in [-0.2, -0.15) is 0 Å². The lowest BCUT2D eigenvalue weighted by molar-refractivity contribution is 0.0528. The minimum absolute atomic E-state index is 0.266. The summed E-state index contributed by atoms with van der Waals surface area (Å²) in [5.41, 5.74) is 6.74. The summed E-state index contributed by atoms with van der Waals surface area (Å²) in [6, 6.07) is 7.42. The van der Waals surface area contributed by atoms with Gasteiger partial charge in [0.25, 0.3) is 0 Å². The van der Waals surface area contributed by atoms with Crippen LogP contribution in [0.5, 0.6) is 0 Å². The van der Waals surface area contributed by atoms with Crippen molar-refractivity contribution < 1.29 is 9.53 Å². The number of esters is 1. The van der Waals surface area contributed by atoms with Gasteiger partial charge in [-0.1, -0.05) is 19.9 Å². The molecule has 1 aromatic heterocycles. The molecule has 0 atom stereocenters. The molecule has 0 saturated heterocycles. The lowest BCUT2D eigenvalue weighted by Gasteiger charge is -2.02. The highest BCUT2D eigenvalue weighted by Crippen LogP contribution is 2.17. The molecular weight excluding hydrogens is 240 g/mol. The maximum absolute atomic E-state index is 11.5. The first kappa shape index (κ1) is 15.2. The van der Waals surface area contributed by atoms with Crippen LogP contribution in [0, 0.1) is 5.92 Å². The monoisotopic (exact) mass is 262 g/mol. The van der Waals surface area contributed by atoms with Crippen molar-refractivity contribution in [3.8, 4) is 0 Å². The quantitative estimate of drug-likeness (QED) is 0.836. The Balaban J connectivity index is 0.000000312. The number of benzene rings is 1. The fourth-order valence-electron chi connectivity index (χ4n) is 1.47. The van der Waals surface area contributed by atoms with Crippen molar-refractivity contribution in [3.63, 3.8) is 0 Å². The number of carbonyl (C=O) groups excluding carboxylic acids is 1. The van der Waals surface area contributed by atoms with Crippen molar-refractivity contribution in [1.82, 2.24) is 4.98 Å². The standard InChI is InChI=1S/C11H11NO2.C4H11N/c1-2-14-11(13)9-4-3-5-10-8(9)6-7-12-10;1-4(2)3-5/h3-7,12H,2H2,1H3;4H,3,5H2,1-2H3. The third-order valence-electron chi connectivity index (χ3n) is 2.56. The minimum atomic E-state index is -0.266. The maximum atomic E-state index is 11.5. The smallest absolute Gasteiger partial charge is 0.338 e. The Morgan fingerprint density at radius 2 is 2.05 bits per heavy atom. The Bertz CT molecular complexity index is 518. The Morgan fingerprint density at radius 1 is 1.37 bits per heavy atom. The number of aromatic amines is 1. The highest BCUT2D eigenvalue weighted by Gasteiger charge is 2.10. The summed E-state index contributed by atoms with van der Waals surface area (Å²) >= 11 is 0. The van der Waals surface area contributed by atoms with E-state index in [-0.39, 0.29) is 5.97 Å². The van der Waals surface area contributed by atoms with E-state index in [0.717, 1.165) is 17.4 Å². The van der Waals surface area contributed by atoms with Crippen molar-refractivity contribution in [3.05, 3.63) is 36.0 Å². The number of nitrogens with two attached hydrogens (primary N) is 1. The maximum Gasteiger partial charge on any atom is 0.338 e. The van der Waals surface area contributed by atoms with Gasteiger partial charge in [-0.3, -0.25) is 0 Å². The van der Waals surface area contributed by atoms with E-state index in [4.69, 9.17) is 10.5 Å². The van der Waals surface area contributed by atoms with Crippen molar-refractivity contribution in [2.24, 2.45) is 11.7 Å². The highest BCUT2D eigenvalue weighted by molar-refractivity contribution is 6.03. The number of nitrogens with one attached hydrogen (secondary N) is 1. The summed E-state index contributed by atoms with van der Waals surface area (Å²) in [6.07, 6.45) is 1.81. The average Bonchev–Trinajstić information content (AvgIpc) is 2.87. The van der Waals surface area contributed by atoms with Gasteiger partial charge in [0.2, 0.25) is 0 Å². The molecule has 104 valence electrons. The van der Waals surface area contributed by atoms with E-state index < -0.39 is 0 Å². The third-order valence-corrected chi connectivity index (χ3v) is 2.56. The minimum Gasteiger partial charge on any atom is -0.462 e. The molecule has 0 aliphatic carbocycles. The number of carbonyl (C=O) groups is 1. The molecule has 0 radical (unpaired) electrons. The van der Waals surface area contributed by atoms with Crippen molar-refractivity contribution in [2.75, 3.05) is 13.2 Å². The molecule has 0 fully saturated rings. The first-order valence-corrected chi connectivity index (χ1v) is 6.53. The van der Waals surface area contributed by atoms with Crippen LogP contribution in [0.3, 0.4) is 0 Å². The first-order chi connectivity index (χ1) is 9.10. The second-order valence-corrected chi connectivity index (χ2v) is 4.59. The Kier molecular flexibility index (Phi) is 6.09. The molecule has 19 heavy (non-hydrogen) atoms. The fraction of sp³-hybridized carbons (Fsp3) is 0.400. The summed E-state index contributed by atoms with van der Waals surface area (Å²) in [5, 5.41) is 0.908. The van der Waals surface area contributed by atoms with Gasteiger partial charge in [-0.25, -0.2) is 4.79 Å². The van der Waals surface area contributed by atoms with Gasteiger partial charge in [-0.05, 0) is 37.6 Å². The number of H-pyrrole nitrogens is 1. The molecule has 0 unspecified atom stereocenters. The van der Waals surface area contributed by atoms with E-state index in [1.54, 1.807) is 13.0 Å². The molecule has 1 aromatic carbocycles. The van der Waals surface area contributed by atoms with Crippen molar-refractivity contribution in [2.45, 2.75) is 20.8 Å². The number of hydrogen-bond acceptors (Lipinski definition) is 3. The van der Waals surface area contributed by atoms with E-state index in [2.05, 4.69) is 18.8 Å². The molecule has 4 heteroatoms. The Morgan fingerprint density at radius 3 is 2.63 bits per heavy atom. The van der Waals surface area contributed by atoms with Gasteiger partial charge in [0.15, 0.2) is 0 Å². The molecule has 3 N–H and O–H groups in total. The van der Waals surface area contributed by atoms with Crippen LogP contribution in [0.2, 0.25) is 0 Å².